The van der Waals surface area contributed by atoms with Crippen LogP contribution in [-0.2, 0) is 38.7 Å². The van der Waals surface area contributed by atoms with Crippen LogP contribution in [-0.4, -0.2) is 34.6 Å². The Balaban J connectivity index is 1.66. The van der Waals surface area contributed by atoms with Crippen molar-refractivity contribution in [1.29, 1.82) is 0 Å². The Kier molecular flexibility index (Phi) is 7.70. The van der Waals surface area contributed by atoms with Crippen LogP contribution in [0.2, 0.25) is 0 Å². The Morgan fingerprint density at radius 2 is 1.94 bits per heavy atom. The second-order valence-corrected chi connectivity index (χ2v) is 8.20. The number of nitrogens with one attached hydrogen (secondary N) is 2. The molecule has 2 N–H and O–H groups in total. The Morgan fingerprint density at radius 3 is 2.66 bits per heavy atom. The van der Waals surface area contributed by atoms with Gasteiger partial charge < -0.3 is 15.4 Å². The number of carbonyl (C=O) groups is 4. The number of Topliss-reactive ketones (excluding diaryl/α,β-unsaturated/α-hetero) is 2. The topological polar surface area (TPSA) is 114 Å². The molecule has 0 fully saturated rings. The van der Waals surface area contributed by atoms with Gasteiger partial charge in [0, 0.05) is 18.5 Å². The highest BCUT2D eigenvalue weighted by Crippen LogP contribution is 2.19. The zero-order valence-corrected chi connectivity index (χ0v) is 18.2. The van der Waals surface area contributed by atoms with Gasteiger partial charge in [-0.05, 0) is 35.6 Å². The van der Waals surface area contributed by atoms with E-state index in [0.717, 1.165) is 11.1 Å². The van der Waals surface area contributed by atoms with Crippen molar-refractivity contribution in [3.63, 3.8) is 0 Å². The van der Waals surface area contributed by atoms with E-state index in [9.17, 15) is 19.2 Å². The fourth-order valence-electron chi connectivity index (χ4n) is 3.62. The summed E-state index contributed by atoms with van der Waals surface area (Å²) in [5.74, 6) is -2.74. The fourth-order valence-corrected chi connectivity index (χ4v) is 3.62. The van der Waals surface area contributed by atoms with E-state index in [1.807, 2.05) is 36.4 Å². The molecule has 2 heterocycles. The molecule has 1 aromatic heterocycles. The van der Waals surface area contributed by atoms with Crippen LogP contribution in [0, 0.1) is 11.8 Å². The molecule has 168 valence electrons. The minimum Gasteiger partial charge on any atom is -0.445 e. The maximum absolute atomic E-state index is 13.1. The number of amides is 2. The molecular weight excluding hydrogens is 410 g/mol. The Hall–Kier alpha value is -3.55. The first-order valence-electron chi connectivity index (χ1n) is 10.6. The first-order valence-corrected chi connectivity index (χ1v) is 10.6. The highest BCUT2D eigenvalue weighted by atomic mass is 16.5. The molecule has 2 amide bonds. The number of benzene rings is 1. The normalized spacial score (nSPS) is 16.9. The zero-order chi connectivity index (χ0) is 23.1. The molecule has 1 aliphatic heterocycles. The summed E-state index contributed by atoms with van der Waals surface area (Å²) in [5.41, 5.74) is 2.31. The van der Waals surface area contributed by atoms with Gasteiger partial charge in [0.1, 0.15) is 6.61 Å². The molecule has 1 aromatic carbocycles. The summed E-state index contributed by atoms with van der Waals surface area (Å²) in [4.78, 5) is 54.4. The van der Waals surface area contributed by atoms with Gasteiger partial charge in [-0.2, -0.15) is 0 Å². The van der Waals surface area contributed by atoms with E-state index >= 15 is 0 Å². The molecule has 2 atom stereocenters. The van der Waals surface area contributed by atoms with Crippen LogP contribution in [0.5, 0.6) is 0 Å². The van der Waals surface area contributed by atoms with Gasteiger partial charge in [-0.15, -0.1) is 0 Å². The van der Waals surface area contributed by atoms with Gasteiger partial charge in [0.25, 0.3) is 5.91 Å². The summed E-state index contributed by atoms with van der Waals surface area (Å²) >= 11 is 0. The Morgan fingerprint density at radius 1 is 1.19 bits per heavy atom. The van der Waals surface area contributed by atoms with Crippen molar-refractivity contribution < 1.29 is 23.9 Å². The number of fused-ring (bicyclic) bond motifs is 2. The molecule has 0 radical (unpaired) electrons. The molecule has 8 heteroatoms. The first kappa shape index (κ1) is 23.1. The quantitative estimate of drug-likeness (QED) is 0.643. The van der Waals surface area contributed by atoms with E-state index in [1.165, 1.54) is 0 Å². The summed E-state index contributed by atoms with van der Waals surface area (Å²) in [6.45, 7) is 3.83. The number of ketones is 2. The van der Waals surface area contributed by atoms with E-state index in [-0.39, 0.29) is 37.7 Å². The Labute approximate surface area is 186 Å². The molecule has 2 unspecified atom stereocenters. The standard InChI is InChI=1S/C24H27N3O5/c1-15(2)21(27-24(31)32-14-16-6-4-3-5-7-16)20(28)12-18-10-17-8-9-25-19(11-17)13-26-23(30)22(18)29/h3-9,11,15,18,21H,10,12-14H2,1-2H3,(H,26,30)(H,27,31). The highest BCUT2D eigenvalue weighted by Gasteiger charge is 2.33. The number of pyridine rings is 1. The molecule has 0 saturated carbocycles. The van der Waals surface area contributed by atoms with Gasteiger partial charge in [-0.1, -0.05) is 44.2 Å². The molecule has 8 nitrogen and oxygen atoms in total. The minimum atomic E-state index is -0.838. The van der Waals surface area contributed by atoms with Crippen LogP contribution < -0.4 is 10.6 Å². The third kappa shape index (κ3) is 6.23. The molecule has 0 spiro atoms. The minimum absolute atomic E-state index is 0.0807. The van der Waals surface area contributed by atoms with Crippen LogP contribution in [0.25, 0.3) is 0 Å². The van der Waals surface area contributed by atoms with E-state index < -0.39 is 29.7 Å². The molecule has 32 heavy (non-hydrogen) atoms. The molecule has 0 saturated heterocycles. The molecule has 1 aliphatic rings. The van der Waals surface area contributed by atoms with Gasteiger partial charge in [0.15, 0.2) is 5.78 Å². The first-order chi connectivity index (χ1) is 15.3. The van der Waals surface area contributed by atoms with Crippen molar-refractivity contribution in [2.24, 2.45) is 11.8 Å². The van der Waals surface area contributed by atoms with Gasteiger partial charge in [0.2, 0.25) is 5.78 Å². The van der Waals surface area contributed by atoms with Crippen molar-refractivity contribution in [2.45, 2.75) is 45.9 Å². The lowest BCUT2D eigenvalue weighted by atomic mass is 9.86. The third-order valence-corrected chi connectivity index (χ3v) is 5.33. The lowest BCUT2D eigenvalue weighted by molar-refractivity contribution is -0.141. The number of hydrogen-bond acceptors (Lipinski definition) is 6. The lowest BCUT2D eigenvalue weighted by Crippen LogP contribution is -2.46. The van der Waals surface area contributed by atoms with Gasteiger partial charge in [-0.3, -0.25) is 19.4 Å². The summed E-state index contributed by atoms with van der Waals surface area (Å²) in [6, 6.07) is 11.9. The average Bonchev–Trinajstić information content (AvgIpc) is 2.82. The molecule has 2 aromatic rings. The van der Waals surface area contributed by atoms with E-state index in [1.54, 1.807) is 26.1 Å². The van der Waals surface area contributed by atoms with E-state index in [0.29, 0.717) is 5.69 Å². The number of ether oxygens (including phenoxy) is 1. The zero-order valence-electron chi connectivity index (χ0n) is 18.2. The van der Waals surface area contributed by atoms with Gasteiger partial charge in [0.05, 0.1) is 18.3 Å². The monoisotopic (exact) mass is 437 g/mol. The number of carbonyl (C=O) groups excluding carboxylic acids is 4. The molecule has 0 aliphatic carbocycles. The number of rotatable bonds is 7. The predicted octanol–water partition coefficient (Wildman–Crippen LogP) is 2.35. The number of aromatic nitrogens is 1. The lowest BCUT2D eigenvalue weighted by Gasteiger charge is -2.23. The fraction of sp³-hybridized carbons (Fsp3) is 0.375. The van der Waals surface area contributed by atoms with Crippen molar-refractivity contribution in [2.75, 3.05) is 0 Å². The van der Waals surface area contributed by atoms with E-state index in [4.69, 9.17) is 4.74 Å². The maximum Gasteiger partial charge on any atom is 0.408 e. The summed E-state index contributed by atoms with van der Waals surface area (Å²) < 4.78 is 5.23. The number of hydrogen-bond donors (Lipinski definition) is 2. The van der Waals surface area contributed by atoms with Gasteiger partial charge in [-0.25, -0.2) is 4.79 Å². The van der Waals surface area contributed by atoms with Crippen LogP contribution >= 0.6 is 0 Å². The van der Waals surface area contributed by atoms with Gasteiger partial charge >= 0.3 is 6.09 Å². The largest absolute Gasteiger partial charge is 0.445 e. The van der Waals surface area contributed by atoms with Crippen LogP contribution in [0.1, 0.15) is 37.1 Å². The average molecular weight is 437 g/mol. The predicted molar refractivity (Wildman–Crippen MR) is 116 cm³/mol. The molecular formula is C24H27N3O5. The smallest absolute Gasteiger partial charge is 0.408 e. The molecule has 3 rings (SSSR count). The number of nitrogens with zero attached hydrogens (tertiary/aromatic N) is 1. The summed E-state index contributed by atoms with van der Waals surface area (Å²) in [5, 5.41) is 5.17. The Bertz CT molecular complexity index is 990. The second-order valence-electron chi connectivity index (χ2n) is 8.20. The third-order valence-electron chi connectivity index (χ3n) is 5.33. The van der Waals surface area contributed by atoms with Crippen molar-refractivity contribution in [3.8, 4) is 0 Å². The van der Waals surface area contributed by atoms with Crippen molar-refractivity contribution >= 4 is 23.6 Å². The maximum atomic E-state index is 13.1. The van der Waals surface area contributed by atoms with Crippen molar-refractivity contribution in [1.82, 2.24) is 15.6 Å². The summed E-state index contributed by atoms with van der Waals surface area (Å²) in [7, 11) is 0. The van der Waals surface area contributed by atoms with Crippen LogP contribution in [0.4, 0.5) is 4.79 Å². The molecule has 2 bridgehead atoms. The number of alkyl carbamates (subject to hydrolysis) is 1. The van der Waals surface area contributed by atoms with E-state index in [2.05, 4.69) is 15.6 Å². The van der Waals surface area contributed by atoms with Crippen LogP contribution in [0.3, 0.4) is 0 Å². The van der Waals surface area contributed by atoms with Crippen LogP contribution in [0.15, 0.2) is 48.7 Å². The SMILES string of the molecule is CC(C)C(NC(=O)OCc1ccccc1)C(=O)CC1Cc2ccnc(c2)CNC(=O)C1=O. The second kappa shape index (κ2) is 10.7. The highest BCUT2D eigenvalue weighted by molar-refractivity contribution is 6.37. The summed E-state index contributed by atoms with van der Waals surface area (Å²) in [6.07, 6.45) is 0.994. The van der Waals surface area contributed by atoms with Crippen molar-refractivity contribution in [3.05, 3.63) is 65.5 Å².